The Bertz CT molecular complexity index is 436. The maximum atomic E-state index is 4.26. The van der Waals surface area contributed by atoms with E-state index >= 15 is 0 Å². The van der Waals surface area contributed by atoms with Crippen molar-refractivity contribution in [1.82, 2.24) is 20.1 Å². The molecule has 1 N–H and O–H groups in total. The van der Waals surface area contributed by atoms with E-state index in [9.17, 15) is 0 Å². The van der Waals surface area contributed by atoms with Crippen molar-refractivity contribution >= 4 is 0 Å². The average Bonchev–Trinajstić information content (AvgIpc) is 2.82. The molecule has 0 radical (unpaired) electrons. The Morgan fingerprint density at radius 3 is 2.82 bits per heavy atom. The predicted octanol–water partition coefficient (Wildman–Crippen LogP) is 1.63. The van der Waals surface area contributed by atoms with E-state index in [-0.39, 0.29) is 0 Å². The molecule has 2 aromatic rings. The highest BCUT2D eigenvalue weighted by atomic mass is 15.3. The maximum Gasteiger partial charge on any atom is 0.140 e. The summed E-state index contributed by atoms with van der Waals surface area (Å²) in [6.07, 6.45) is 2.61. The summed E-state index contributed by atoms with van der Waals surface area (Å²) in [7, 11) is 0. The van der Waals surface area contributed by atoms with E-state index in [2.05, 4.69) is 46.6 Å². The largest absolute Gasteiger partial charge is 0.310 e. The Morgan fingerprint density at radius 1 is 1.24 bits per heavy atom. The lowest BCUT2D eigenvalue weighted by atomic mass is 10.1. The summed E-state index contributed by atoms with van der Waals surface area (Å²) < 4.78 is 1.97. The Morgan fingerprint density at radius 2 is 2.06 bits per heavy atom. The van der Waals surface area contributed by atoms with Gasteiger partial charge in [0, 0.05) is 6.54 Å². The van der Waals surface area contributed by atoms with Crippen molar-refractivity contribution in [2.45, 2.75) is 26.4 Å². The van der Waals surface area contributed by atoms with Crippen LogP contribution in [0.25, 0.3) is 0 Å². The van der Waals surface area contributed by atoms with Gasteiger partial charge in [-0.05, 0) is 18.5 Å². The molecule has 1 aromatic heterocycles. The second kappa shape index (κ2) is 6.15. The Hall–Kier alpha value is -1.68. The molecular formula is C13H18N4. The van der Waals surface area contributed by atoms with Crippen LogP contribution in [-0.2, 0) is 19.5 Å². The van der Waals surface area contributed by atoms with Crippen LogP contribution >= 0.6 is 0 Å². The van der Waals surface area contributed by atoms with E-state index in [4.69, 9.17) is 0 Å². The lowest BCUT2D eigenvalue weighted by molar-refractivity contribution is 0.555. The van der Waals surface area contributed by atoms with Crippen molar-refractivity contribution < 1.29 is 0 Å². The van der Waals surface area contributed by atoms with Crippen molar-refractivity contribution in [1.29, 1.82) is 0 Å². The highest BCUT2D eigenvalue weighted by molar-refractivity contribution is 5.14. The maximum absolute atomic E-state index is 4.26. The molecule has 90 valence electrons. The van der Waals surface area contributed by atoms with E-state index in [1.54, 1.807) is 6.33 Å². The van der Waals surface area contributed by atoms with Crippen LogP contribution in [0.5, 0.6) is 0 Å². The molecule has 0 fully saturated rings. The van der Waals surface area contributed by atoms with Crippen LogP contribution in [0.3, 0.4) is 0 Å². The molecular weight excluding hydrogens is 212 g/mol. The van der Waals surface area contributed by atoms with Gasteiger partial charge in [0.05, 0.1) is 6.54 Å². The van der Waals surface area contributed by atoms with E-state index in [1.165, 1.54) is 5.56 Å². The van der Waals surface area contributed by atoms with Gasteiger partial charge in [0.2, 0.25) is 0 Å². The molecule has 0 aliphatic carbocycles. The Balaban J connectivity index is 1.92. The minimum Gasteiger partial charge on any atom is -0.310 e. The normalized spacial score (nSPS) is 10.6. The van der Waals surface area contributed by atoms with Crippen molar-refractivity contribution in [2.75, 3.05) is 6.54 Å². The van der Waals surface area contributed by atoms with E-state index < -0.39 is 0 Å². The number of nitrogens with one attached hydrogen (secondary N) is 1. The molecule has 0 bridgehead atoms. The van der Waals surface area contributed by atoms with Crippen LogP contribution in [0.1, 0.15) is 18.3 Å². The molecule has 0 unspecified atom stereocenters. The van der Waals surface area contributed by atoms with Crippen LogP contribution < -0.4 is 5.32 Å². The SMILES string of the molecule is CCNCc1ncnn1CCc1ccccc1. The highest BCUT2D eigenvalue weighted by Crippen LogP contribution is 2.02. The van der Waals surface area contributed by atoms with Gasteiger partial charge in [-0.1, -0.05) is 37.3 Å². The molecule has 0 aliphatic rings. The minimum atomic E-state index is 0.783. The molecule has 17 heavy (non-hydrogen) atoms. The van der Waals surface area contributed by atoms with Crippen LogP contribution in [-0.4, -0.2) is 21.3 Å². The van der Waals surface area contributed by atoms with E-state index in [0.29, 0.717) is 0 Å². The fourth-order valence-corrected chi connectivity index (χ4v) is 1.73. The summed E-state index contributed by atoms with van der Waals surface area (Å²) >= 11 is 0. The van der Waals surface area contributed by atoms with Gasteiger partial charge in [-0.2, -0.15) is 5.10 Å². The molecule has 4 heteroatoms. The molecule has 4 nitrogen and oxygen atoms in total. The topological polar surface area (TPSA) is 42.7 Å². The molecule has 1 aromatic carbocycles. The number of benzene rings is 1. The second-order valence-corrected chi connectivity index (χ2v) is 3.92. The molecule has 0 aliphatic heterocycles. The number of rotatable bonds is 6. The summed E-state index contributed by atoms with van der Waals surface area (Å²) in [5.74, 6) is 1.00. The summed E-state index contributed by atoms with van der Waals surface area (Å²) in [4.78, 5) is 4.26. The van der Waals surface area contributed by atoms with Crippen LogP contribution in [0, 0.1) is 0 Å². The lowest BCUT2D eigenvalue weighted by Gasteiger charge is -2.06. The van der Waals surface area contributed by atoms with Gasteiger partial charge in [-0.15, -0.1) is 0 Å². The van der Waals surface area contributed by atoms with Crippen molar-refractivity contribution in [2.24, 2.45) is 0 Å². The van der Waals surface area contributed by atoms with Crippen molar-refractivity contribution in [3.8, 4) is 0 Å². The Kier molecular flexibility index (Phi) is 4.27. The predicted molar refractivity (Wildman–Crippen MR) is 67.5 cm³/mol. The zero-order chi connectivity index (χ0) is 11.9. The third-order valence-electron chi connectivity index (χ3n) is 2.68. The smallest absolute Gasteiger partial charge is 0.140 e. The van der Waals surface area contributed by atoms with Crippen molar-refractivity contribution in [3.05, 3.63) is 48.0 Å². The molecule has 0 saturated heterocycles. The monoisotopic (exact) mass is 230 g/mol. The molecule has 0 saturated carbocycles. The van der Waals surface area contributed by atoms with Crippen LogP contribution in [0.15, 0.2) is 36.7 Å². The second-order valence-electron chi connectivity index (χ2n) is 3.92. The molecule has 0 atom stereocenters. The van der Waals surface area contributed by atoms with E-state index in [0.717, 1.165) is 31.9 Å². The zero-order valence-corrected chi connectivity index (χ0v) is 10.1. The summed E-state index contributed by atoms with van der Waals surface area (Å²) in [5, 5.41) is 7.52. The first-order valence-corrected chi connectivity index (χ1v) is 6.01. The van der Waals surface area contributed by atoms with Crippen molar-refractivity contribution in [3.63, 3.8) is 0 Å². The standard InChI is InChI=1S/C13H18N4/c1-2-14-10-13-15-11-16-17(13)9-8-12-6-4-3-5-7-12/h3-7,11,14H,2,8-10H2,1H3. The first kappa shape index (κ1) is 11.8. The number of hydrogen-bond donors (Lipinski definition) is 1. The number of hydrogen-bond acceptors (Lipinski definition) is 3. The van der Waals surface area contributed by atoms with Gasteiger partial charge in [0.15, 0.2) is 0 Å². The average molecular weight is 230 g/mol. The summed E-state index contributed by atoms with van der Waals surface area (Å²) in [6.45, 7) is 4.70. The van der Waals surface area contributed by atoms with Gasteiger partial charge in [-0.25, -0.2) is 9.67 Å². The molecule has 0 amide bonds. The quantitative estimate of drug-likeness (QED) is 0.820. The Labute approximate surface area is 102 Å². The van der Waals surface area contributed by atoms with Crippen LogP contribution in [0.2, 0.25) is 0 Å². The molecule has 0 spiro atoms. The van der Waals surface area contributed by atoms with Gasteiger partial charge in [0.1, 0.15) is 12.2 Å². The zero-order valence-electron chi connectivity index (χ0n) is 10.1. The van der Waals surface area contributed by atoms with Gasteiger partial charge in [0.25, 0.3) is 0 Å². The minimum absolute atomic E-state index is 0.783. The first-order chi connectivity index (χ1) is 8.40. The lowest BCUT2D eigenvalue weighted by Crippen LogP contribution is -2.17. The summed E-state index contributed by atoms with van der Waals surface area (Å²) in [6, 6.07) is 10.4. The van der Waals surface area contributed by atoms with Gasteiger partial charge >= 0.3 is 0 Å². The van der Waals surface area contributed by atoms with Gasteiger partial charge in [-0.3, -0.25) is 0 Å². The number of aromatic nitrogens is 3. The van der Waals surface area contributed by atoms with Gasteiger partial charge < -0.3 is 5.32 Å². The summed E-state index contributed by atoms with van der Waals surface area (Å²) in [5.41, 5.74) is 1.33. The number of nitrogens with zero attached hydrogens (tertiary/aromatic N) is 3. The highest BCUT2D eigenvalue weighted by Gasteiger charge is 2.03. The first-order valence-electron chi connectivity index (χ1n) is 6.01. The fourth-order valence-electron chi connectivity index (χ4n) is 1.73. The van der Waals surface area contributed by atoms with E-state index in [1.807, 2.05) is 10.7 Å². The third-order valence-corrected chi connectivity index (χ3v) is 2.68. The third kappa shape index (κ3) is 3.39. The van der Waals surface area contributed by atoms with Crippen LogP contribution in [0.4, 0.5) is 0 Å². The number of aryl methyl sites for hydroxylation is 2. The molecule has 2 rings (SSSR count). The molecule has 1 heterocycles. The fraction of sp³-hybridized carbons (Fsp3) is 0.385.